The van der Waals surface area contributed by atoms with E-state index in [0.29, 0.717) is 24.3 Å². The second kappa shape index (κ2) is 5.99. The lowest BCUT2D eigenvalue weighted by atomic mass is 9.96. The molecule has 0 radical (unpaired) electrons. The molecular weight excluding hydrogens is 200 g/mol. The Morgan fingerprint density at radius 1 is 1.25 bits per heavy atom. The van der Waals surface area contributed by atoms with Crippen molar-refractivity contribution in [1.29, 1.82) is 0 Å². The van der Waals surface area contributed by atoms with Gasteiger partial charge >= 0.3 is 0 Å². The molecule has 0 aliphatic heterocycles. The van der Waals surface area contributed by atoms with Gasteiger partial charge in [0.2, 0.25) is 0 Å². The zero-order chi connectivity index (χ0) is 12.1. The van der Waals surface area contributed by atoms with E-state index < -0.39 is 0 Å². The highest BCUT2D eigenvalue weighted by Crippen LogP contribution is 2.21. The largest absolute Gasteiger partial charge is 0.330 e. The third-order valence-electron chi connectivity index (χ3n) is 2.61. The Labute approximate surface area is 98.2 Å². The summed E-state index contributed by atoms with van der Waals surface area (Å²) in [5, 5.41) is 8.24. The smallest absolute Gasteiger partial charge is 0.137 e. The van der Waals surface area contributed by atoms with Gasteiger partial charge in [-0.05, 0) is 18.3 Å². The van der Waals surface area contributed by atoms with Crippen LogP contribution in [0, 0.1) is 11.8 Å². The molecule has 0 saturated heterocycles. The quantitative estimate of drug-likeness (QED) is 0.804. The Morgan fingerprint density at radius 2 is 1.94 bits per heavy atom. The number of rotatable bonds is 6. The number of aromatic nitrogens is 3. The van der Waals surface area contributed by atoms with Gasteiger partial charge in [-0.3, -0.25) is 0 Å². The monoisotopic (exact) mass is 224 g/mol. The Morgan fingerprint density at radius 3 is 2.44 bits per heavy atom. The van der Waals surface area contributed by atoms with E-state index in [0.717, 1.165) is 18.8 Å². The molecule has 1 heterocycles. The fourth-order valence-corrected chi connectivity index (χ4v) is 1.99. The van der Waals surface area contributed by atoms with Gasteiger partial charge in [0.05, 0.1) is 0 Å². The van der Waals surface area contributed by atoms with Crippen LogP contribution in [0.2, 0.25) is 0 Å². The van der Waals surface area contributed by atoms with Crippen LogP contribution in [0.15, 0.2) is 6.33 Å². The Kier molecular flexibility index (Phi) is 4.93. The molecule has 1 rings (SSSR count). The minimum Gasteiger partial charge on any atom is -0.330 e. The SMILES string of the molecule is CC(C)CC(CN)c1nncn1CC(C)C. The van der Waals surface area contributed by atoms with Crippen LogP contribution in [0.5, 0.6) is 0 Å². The van der Waals surface area contributed by atoms with Crippen molar-refractivity contribution >= 4 is 0 Å². The molecule has 1 aromatic rings. The highest BCUT2D eigenvalue weighted by atomic mass is 15.3. The Hall–Kier alpha value is -0.900. The molecule has 0 fully saturated rings. The molecule has 0 bridgehead atoms. The van der Waals surface area contributed by atoms with Crippen molar-refractivity contribution in [1.82, 2.24) is 14.8 Å². The maximum Gasteiger partial charge on any atom is 0.137 e. The van der Waals surface area contributed by atoms with Crippen LogP contribution in [0.3, 0.4) is 0 Å². The van der Waals surface area contributed by atoms with Crippen molar-refractivity contribution in [2.75, 3.05) is 6.54 Å². The van der Waals surface area contributed by atoms with Crippen molar-refractivity contribution < 1.29 is 0 Å². The second-order valence-electron chi connectivity index (χ2n) is 5.30. The molecule has 0 aromatic carbocycles. The van der Waals surface area contributed by atoms with Crippen LogP contribution < -0.4 is 5.73 Å². The summed E-state index contributed by atoms with van der Waals surface area (Å²) in [6, 6.07) is 0. The molecule has 4 heteroatoms. The van der Waals surface area contributed by atoms with Gasteiger partial charge in [0, 0.05) is 19.0 Å². The average molecular weight is 224 g/mol. The van der Waals surface area contributed by atoms with E-state index in [1.807, 2.05) is 6.33 Å². The van der Waals surface area contributed by atoms with Crippen LogP contribution in [0.4, 0.5) is 0 Å². The minimum absolute atomic E-state index is 0.334. The third kappa shape index (κ3) is 3.59. The minimum atomic E-state index is 0.334. The molecule has 0 amide bonds. The van der Waals surface area contributed by atoms with E-state index in [-0.39, 0.29) is 0 Å². The van der Waals surface area contributed by atoms with E-state index >= 15 is 0 Å². The second-order valence-corrected chi connectivity index (χ2v) is 5.30. The van der Waals surface area contributed by atoms with E-state index in [1.54, 1.807) is 0 Å². The van der Waals surface area contributed by atoms with Crippen molar-refractivity contribution in [2.45, 2.75) is 46.6 Å². The van der Waals surface area contributed by atoms with Crippen LogP contribution in [-0.2, 0) is 6.54 Å². The molecule has 92 valence electrons. The third-order valence-corrected chi connectivity index (χ3v) is 2.61. The molecule has 1 unspecified atom stereocenters. The molecule has 0 aliphatic carbocycles. The van der Waals surface area contributed by atoms with Crippen molar-refractivity contribution in [3.8, 4) is 0 Å². The summed E-state index contributed by atoms with van der Waals surface area (Å²) in [6.07, 6.45) is 2.89. The number of hydrogen-bond acceptors (Lipinski definition) is 3. The maximum absolute atomic E-state index is 5.83. The first-order valence-corrected chi connectivity index (χ1v) is 6.12. The number of nitrogens with zero attached hydrogens (tertiary/aromatic N) is 3. The maximum atomic E-state index is 5.83. The van der Waals surface area contributed by atoms with Gasteiger partial charge in [0.25, 0.3) is 0 Å². The first-order chi connectivity index (χ1) is 7.54. The summed E-state index contributed by atoms with van der Waals surface area (Å²) >= 11 is 0. The van der Waals surface area contributed by atoms with Crippen molar-refractivity contribution in [2.24, 2.45) is 17.6 Å². The number of hydrogen-bond donors (Lipinski definition) is 1. The fourth-order valence-electron chi connectivity index (χ4n) is 1.99. The molecule has 2 N–H and O–H groups in total. The molecule has 1 atom stereocenters. The van der Waals surface area contributed by atoms with Gasteiger partial charge in [-0.2, -0.15) is 0 Å². The van der Waals surface area contributed by atoms with Gasteiger partial charge in [0.1, 0.15) is 12.2 Å². The zero-order valence-corrected chi connectivity index (χ0v) is 10.8. The molecular formula is C12H24N4. The first-order valence-electron chi connectivity index (χ1n) is 6.12. The van der Waals surface area contributed by atoms with Gasteiger partial charge < -0.3 is 10.3 Å². The van der Waals surface area contributed by atoms with Gasteiger partial charge in [-0.15, -0.1) is 10.2 Å². The molecule has 4 nitrogen and oxygen atoms in total. The van der Waals surface area contributed by atoms with Crippen molar-refractivity contribution in [3.63, 3.8) is 0 Å². The molecule has 0 aliphatic rings. The van der Waals surface area contributed by atoms with E-state index in [1.165, 1.54) is 0 Å². The predicted molar refractivity (Wildman–Crippen MR) is 66.1 cm³/mol. The summed E-state index contributed by atoms with van der Waals surface area (Å²) in [5.74, 6) is 2.62. The molecule has 16 heavy (non-hydrogen) atoms. The van der Waals surface area contributed by atoms with Gasteiger partial charge in [-0.25, -0.2) is 0 Å². The van der Waals surface area contributed by atoms with Gasteiger partial charge in [-0.1, -0.05) is 27.7 Å². The van der Waals surface area contributed by atoms with Gasteiger partial charge in [0.15, 0.2) is 0 Å². The average Bonchev–Trinajstić information content (AvgIpc) is 2.61. The summed E-state index contributed by atoms with van der Waals surface area (Å²) in [7, 11) is 0. The lowest BCUT2D eigenvalue weighted by Gasteiger charge is -2.18. The lowest BCUT2D eigenvalue weighted by Crippen LogP contribution is -2.20. The van der Waals surface area contributed by atoms with Crippen LogP contribution in [0.1, 0.15) is 45.9 Å². The molecule has 1 aromatic heterocycles. The highest BCUT2D eigenvalue weighted by Gasteiger charge is 2.18. The fraction of sp³-hybridized carbons (Fsp3) is 0.833. The Balaban J connectivity index is 2.79. The zero-order valence-electron chi connectivity index (χ0n) is 10.8. The Bertz CT molecular complexity index is 304. The summed E-state index contributed by atoms with van der Waals surface area (Å²) in [4.78, 5) is 0. The summed E-state index contributed by atoms with van der Waals surface area (Å²) < 4.78 is 2.14. The first kappa shape index (κ1) is 13.2. The molecule has 0 spiro atoms. The van der Waals surface area contributed by atoms with Crippen molar-refractivity contribution in [3.05, 3.63) is 12.2 Å². The predicted octanol–water partition coefficient (Wildman–Crippen LogP) is 2.02. The summed E-state index contributed by atoms with van der Waals surface area (Å²) in [6.45, 7) is 10.4. The van der Waals surface area contributed by atoms with E-state index in [4.69, 9.17) is 5.73 Å². The lowest BCUT2D eigenvalue weighted by molar-refractivity contribution is 0.444. The normalized spacial score (nSPS) is 13.7. The molecule has 0 saturated carbocycles. The number of nitrogens with two attached hydrogens (primary N) is 1. The van der Waals surface area contributed by atoms with Crippen LogP contribution in [-0.4, -0.2) is 21.3 Å². The highest BCUT2D eigenvalue weighted by molar-refractivity contribution is 4.97. The topological polar surface area (TPSA) is 56.7 Å². The van der Waals surface area contributed by atoms with Crippen LogP contribution in [0.25, 0.3) is 0 Å². The van der Waals surface area contributed by atoms with E-state index in [9.17, 15) is 0 Å². The van der Waals surface area contributed by atoms with E-state index in [2.05, 4.69) is 42.5 Å². The van der Waals surface area contributed by atoms with Crippen LogP contribution >= 0.6 is 0 Å². The summed E-state index contributed by atoms with van der Waals surface area (Å²) in [5.41, 5.74) is 5.83. The standard InChI is InChI=1S/C12H24N4/c1-9(2)5-11(6-13)12-15-14-8-16(12)7-10(3)4/h8-11H,5-7,13H2,1-4H3.